The fourth-order valence-corrected chi connectivity index (χ4v) is 2.99. The zero-order chi connectivity index (χ0) is 23.9. The second-order valence-corrected chi connectivity index (χ2v) is 7.87. The predicted molar refractivity (Wildman–Crippen MR) is 114 cm³/mol. The molecule has 32 heavy (non-hydrogen) atoms. The molecule has 2 rings (SSSR count). The number of ether oxygens (including phenoxy) is 3. The molecule has 12 heteroatoms. The van der Waals surface area contributed by atoms with Crippen molar-refractivity contribution >= 4 is 52.4 Å². The Hall–Kier alpha value is -1.87. The van der Waals surface area contributed by atoms with Gasteiger partial charge in [0.15, 0.2) is 5.75 Å². The molecule has 2 aromatic carbocycles. The number of esters is 1. The van der Waals surface area contributed by atoms with E-state index in [1.54, 1.807) is 0 Å². The quantitative estimate of drug-likeness (QED) is 0.190. The number of carbonyl (C=O) groups excluding carboxylic acids is 1. The highest BCUT2D eigenvalue weighted by Gasteiger charge is 2.31. The molecule has 0 bridgehead atoms. The van der Waals surface area contributed by atoms with Crippen LogP contribution in [-0.4, -0.2) is 25.8 Å². The van der Waals surface area contributed by atoms with E-state index in [4.69, 9.17) is 60.6 Å². The lowest BCUT2D eigenvalue weighted by Crippen LogP contribution is -2.12. The van der Waals surface area contributed by atoms with E-state index in [9.17, 15) is 22.4 Å². The van der Waals surface area contributed by atoms with Gasteiger partial charge in [-0.1, -0.05) is 46.4 Å². The summed E-state index contributed by atoms with van der Waals surface area (Å²) in [6, 6.07) is 4.48. The Labute approximate surface area is 200 Å². The highest BCUT2D eigenvalue weighted by atomic mass is 35.5. The summed E-state index contributed by atoms with van der Waals surface area (Å²) in [6.07, 6.45) is -3.12. The van der Waals surface area contributed by atoms with Gasteiger partial charge in [0.2, 0.25) is 0 Å². The molecular weight excluding hydrogens is 522 g/mol. The second kappa shape index (κ2) is 11.8. The number of hydrogen-bond donors (Lipinski definition) is 0. The minimum absolute atomic E-state index is 0.0347. The van der Waals surface area contributed by atoms with E-state index in [1.165, 1.54) is 18.2 Å². The molecule has 4 nitrogen and oxygen atoms in total. The average Bonchev–Trinajstić information content (AvgIpc) is 2.68. The summed E-state index contributed by atoms with van der Waals surface area (Å²) in [5.41, 5.74) is -1.81. The molecule has 0 heterocycles. The van der Waals surface area contributed by atoms with Crippen molar-refractivity contribution in [2.45, 2.75) is 12.6 Å². The average molecular weight is 536 g/mol. The van der Waals surface area contributed by atoms with E-state index in [-0.39, 0.29) is 52.6 Å². The third-order valence-electron chi connectivity index (χ3n) is 3.74. The third-order valence-corrected chi connectivity index (χ3v) is 4.61. The Bertz CT molecular complexity index is 969. The maximum atomic E-state index is 13.8. The standard InChI is InChI=1S/C20H14Cl4F4O4/c21-14-9-12(30-7-4-17(23)24)10-15(22)18(14)31-5-1-6-32-19(29)13-3-2-11(8-16(13)25)20(26,27)28/h2-4,8-10H,1,5-7H2. The van der Waals surface area contributed by atoms with Crippen molar-refractivity contribution < 1.29 is 36.6 Å². The highest BCUT2D eigenvalue weighted by molar-refractivity contribution is 6.55. The zero-order valence-electron chi connectivity index (χ0n) is 15.9. The third kappa shape index (κ3) is 7.92. The van der Waals surface area contributed by atoms with E-state index in [0.29, 0.717) is 11.8 Å². The Morgan fingerprint density at radius 3 is 2.22 bits per heavy atom. The van der Waals surface area contributed by atoms with Crippen molar-refractivity contribution in [2.75, 3.05) is 19.8 Å². The molecule has 0 aliphatic carbocycles. The minimum Gasteiger partial charge on any atom is -0.490 e. The van der Waals surface area contributed by atoms with E-state index < -0.39 is 29.1 Å². The molecule has 0 unspecified atom stereocenters. The predicted octanol–water partition coefficient (Wildman–Crippen LogP) is 7.48. The fraction of sp³-hybridized carbons (Fsp3) is 0.250. The van der Waals surface area contributed by atoms with E-state index in [2.05, 4.69) is 0 Å². The van der Waals surface area contributed by atoms with Gasteiger partial charge in [0.25, 0.3) is 0 Å². The number of hydrogen-bond acceptors (Lipinski definition) is 4. The van der Waals surface area contributed by atoms with Crippen LogP contribution in [0.15, 0.2) is 40.9 Å². The molecule has 0 radical (unpaired) electrons. The Balaban J connectivity index is 1.84. The summed E-state index contributed by atoms with van der Waals surface area (Å²) in [5.74, 6) is -1.90. The number of halogens is 8. The summed E-state index contributed by atoms with van der Waals surface area (Å²) < 4.78 is 67.2. The van der Waals surface area contributed by atoms with Gasteiger partial charge in [-0.05, 0) is 24.3 Å². The van der Waals surface area contributed by atoms with Crippen molar-refractivity contribution in [1.29, 1.82) is 0 Å². The number of rotatable bonds is 9. The molecule has 0 fully saturated rings. The zero-order valence-corrected chi connectivity index (χ0v) is 19.0. The molecular formula is C20H14Cl4F4O4. The molecule has 0 saturated carbocycles. The first-order chi connectivity index (χ1) is 15.0. The monoisotopic (exact) mass is 534 g/mol. The van der Waals surface area contributed by atoms with Crippen molar-refractivity contribution in [1.82, 2.24) is 0 Å². The maximum Gasteiger partial charge on any atom is 0.416 e. The Morgan fingerprint density at radius 2 is 1.66 bits per heavy atom. The van der Waals surface area contributed by atoms with Gasteiger partial charge in [-0.15, -0.1) is 0 Å². The minimum atomic E-state index is -4.72. The van der Waals surface area contributed by atoms with E-state index in [1.807, 2.05) is 0 Å². The van der Waals surface area contributed by atoms with E-state index in [0.717, 1.165) is 6.07 Å². The summed E-state index contributed by atoms with van der Waals surface area (Å²) in [6.45, 7) is -0.0473. The largest absolute Gasteiger partial charge is 0.490 e. The number of benzene rings is 2. The van der Waals surface area contributed by atoms with Gasteiger partial charge < -0.3 is 14.2 Å². The first-order valence-electron chi connectivity index (χ1n) is 8.78. The van der Waals surface area contributed by atoms with Crippen LogP contribution in [0.3, 0.4) is 0 Å². The smallest absolute Gasteiger partial charge is 0.416 e. The molecule has 0 aliphatic heterocycles. The van der Waals surface area contributed by atoms with Crippen molar-refractivity contribution in [3.8, 4) is 11.5 Å². The number of alkyl halides is 3. The summed E-state index contributed by atoms with van der Waals surface area (Å²) in [5, 5.41) is 0.328. The normalized spacial score (nSPS) is 11.1. The fourth-order valence-electron chi connectivity index (χ4n) is 2.29. The van der Waals surface area contributed by atoms with Crippen molar-refractivity contribution in [2.24, 2.45) is 0 Å². The highest BCUT2D eigenvalue weighted by Crippen LogP contribution is 2.37. The molecule has 0 atom stereocenters. The molecule has 0 amide bonds. The van der Waals surface area contributed by atoms with Crippen LogP contribution in [0, 0.1) is 5.82 Å². The molecule has 0 aliphatic rings. The maximum absolute atomic E-state index is 13.8. The van der Waals surface area contributed by atoms with Gasteiger partial charge in [-0.2, -0.15) is 13.2 Å². The van der Waals surface area contributed by atoms with Gasteiger partial charge in [-0.3, -0.25) is 0 Å². The Kier molecular flexibility index (Phi) is 9.76. The van der Waals surface area contributed by atoms with Gasteiger partial charge in [0.05, 0.1) is 34.4 Å². The van der Waals surface area contributed by atoms with Crippen LogP contribution in [0.5, 0.6) is 11.5 Å². The Morgan fingerprint density at radius 1 is 1.00 bits per heavy atom. The SMILES string of the molecule is O=C(OCCCOc1c(Cl)cc(OCC=C(Cl)Cl)cc1Cl)c1ccc(C(F)(F)F)cc1F. The second-order valence-electron chi connectivity index (χ2n) is 6.05. The summed E-state index contributed by atoms with van der Waals surface area (Å²) >= 11 is 23.2. The van der Waals surface area contributed by atoms with Crippen LogP contribution >= 0.6 is 46.4 Å². The van der Waals surface area contributed by atoms with Crippen LogP contribution in [0.1, 0.15) is 22.3 Å². The molecule has 0 saturated heterocycles. The summed E-state index contributed by atoms with van der Waals surface area (Å²) in [4.78, 5) is 11.9. The van der Waals surface area contributed by atoms with E-state index >= 15 is 0 Å². The summed E-state index contributed by atoms with van der Waals surface area (Å²) in [7, 11) is 0. The molecule has 0 spiro atoms. The van der Waals surface area contributed by atoms with Crippen LogP contribution < -0.4 is 9.47 Å². The van der Waals surface area contributed by atoms with Crippen LogP contribution in [0.25, 0.3) is 0 Å². The van der Waals surface area contributed by atoms with Crippen LogP contribution in [0.4, 0.5) is 17.6 Å². The van der Waals surface area contributed by atoms with Crippen molar-refractivity contribution in [3.63, 3.8) is 0 Å². The topological polar surface area (TPSA) is 44.8 Å². The first kappa shape index (κ1) is 26.4. The van der Waals surface area contributed by atoms with Gasteiger partial charge in [0.1, 0.15) is 22.7 Å². The molecule has 0 aromatic heterocycles. The van der Waals surface area contributed by atoms with Gasteiger partial charge in [-0.25, -0.2) is 9.18 Å². The van der Waals surface area contributed by atoms with Gasteiger partial charge >= 0.3 is 12.1 Å². The molecule has 174 valence electrons. The lowest BCUT2D eigenvalue weighted by atomic mass is 10.1. The van der Waals surface area contributed by atoms with Crippen LogP contribution in [-0.2, 0) is 10.9 Å². The molecule has 0 N–H and O–H groups in total. The van der Waals surface area contributed by atoms with Crippen molar-refractivity contribution in [3.05, 3.63) is 67.9 Å². The van der Waals surface area contributed by atoms with Gasteiger partial charge in [0, 0.05) is 18.6 Å². The molecule has 2 aromatic rings. The number of carbonyl (C=O) groups is 1. The lowest BCUT2D eigenvalue weighted by molar-refractivity contribution is -0.137. The first-order valence-corrected chi connectivity index (χ1v) is 10.3. The lowest BCUT2D eigenvalue weighted by Gasteiger charge is -2.12. The van der Waals surface area contributed by atoms with Crippen LogP contribution in [0.2, 0.25) is 10.0 Å².